The molecule has 0 aliphatic rings. The van der Waals surface area contributed by atoms with Gasteiger partial charge >= 0.3 is 5.69 Å². The van der Waals surface area contributed by atoms with E-state index in [0.29, 0.717) is 5.69 Å². The quantitative estimate of drug-likeness (QED) is 0.745. The van der Waals surface area contributed by atoms with E-state index in [9.17, 15) is 18.8 Å². The first-order valence-electron chi connectivity index (χ1n) is 7.64. The van der Waals surface area contributed by atoms with Gasteiger partial charge in [0.2, 0.25) is 0 Å². The molecule has 0 atom stereocenters. The number of carbonyl (C=O) groups excluding carboxylic acids is 1. The van der Waals surface area contributed by atoms with E-state index in [-0.39, 0.29) is 17.1 Å². The fraction of sp³-hybridized carbons (Fsp3) is 0.0556. The highest BCUT2D eigenvalue weighted by Crippen LogP contribution is 2.15. The van der Waals surface area contributed by atoms with Crippen LogP contribution in [0.2, 0.25) is 0 Å². The summed E-state index contributed by atoms with van der Waals surface area (Å²) in [5.41, 5.74) is 4.83. The first-order valence-corrected chi connectivity index (χ1v) is 7.64. The number of nitrogens with zero attached hydrogens (tertiary/aromatic N) is 2. The van der Waals surface area contributed by atoms with Crippen LogP contribution in [-0.4, -0.2) is 15.0 Å². The Morgan fingerprint density at radius 3 is 2.27 bits per heavy atom. The van der Waals surface area contributed by atoms with E-state index >= 15 is 0 Å². The van der Waals surface area contributed by atoms with Crippen LogP contribution < -0.4 is 22.3 Å². The van der Waals surface area contributed by atoms with Gasteiger partial charge in [0.05, 0.1) is 5.69 Å². The number of benzene rings is 2. The van der Waals surface area contributed by atoms with Crippen LogP contribution in [0.1, 0.15) is 10.4 Å². The zero-order valence-corrected chi connectivity index (χ0v) is 13.8. The lowest BCUT2D eigenvalue weighted by Gasteiger charge is -2.15. The van der Waals surface area contributed by atoms with Crippen molar-refractivity contribution in [1.82, 2.24) is 9.13 Å². The van der Waals surface area contributed by atoms with Gasteiger partial charge in [-0.3, -0.25) is 14.2 Å². The van der Waals surface area contributed by atoms with Gasteiger partial charge in [0.1, 0.15) is 17.2 Å². The van der Waals surface area contributed by atoms with Crippen LogP contribution in [0.25, 0.3) is 5.69 Å². The van der Waals surface area contributed by atoms with E-state index in [1.807, 2.05) is 0 Å². The predicted molar refractivity (Wildman–Crippen MR) is 96.0 cm³/mol. The maximum Gasteiger partial charge on any atom is 0.336 e. The average Bonchev–Trinajstić information content (AvgIpc) is 2.63. The van der Waals surface area contributed by atoms with Crippen LogP contribution in [0, 0.1) is 5.82 Å². The Morgan fingerprint density at radius 1 is 1.04 bits per heavy atom. The molecule has 3 N–H and O–H groups in total. The van der Waals surface area contributed by atoms with Crippen molar-refractivity contribution in [3.05, 3.63) is 86.8 Å². The molecule has 132 valence electrons. The van der Waals surface area contributed by atoms with Crippen molar-refractivity contribution in [3.63, 3.8) is 0 Å². The number of hydrogen-bond acceptors (Lipinski definition) is 4. The summed E-state index contributed by atoms with van der Waals surface area (Å²) in [6, 6.07) is 13.4. The Hall–Kier alpha value is -3.68. The molecule has 0 fully saturated rings. The third kappa shape index (κ3) is 3.00. The molecule has 26 heavy (non-hydrogen) atoms. The van der Waals surface area contributed by atoms with Gasteiger partial charge in [0.25, 0.3) is 11.5 Å². The van der Waals surface area contributed by atoms with Crippen LogP contribution in [-0.2, 0) is 7.05 Å². The van der Waals surface area contributed by atoms with Gasteiger partial charge in [0.15, 0.2) is 0 Å². The highest BCUT2D eigenvalue weighted by atomic mass is 19.1. The molecule has 3 aromatic rings. The summed E-state index contributed by atoms with van der Waals surface area (Å²) in [6.45, 7) is 0. The minimum Gasteiger partial charge on any atom is -0.384 e. The summed E-state index contributed by atoms with van der Waals surface area (Å²) in [6.07, 6.45) is 0. The van der Waals surface area contributed by atoms with E-state index < -0.39 is 23.0 Å². The molecule has 1 aromatic heterocycles. The maximum absolute atomic E-state index is 13.0. The van der Waals surface area contributed by atoms with Gasteiger partial charge in [-0.05, 0) is 36.4 Å². The van der Waals surface area contributed by atoms with Gasteiger partial charge in [-0.25, -0.2) is 13.8 Å². The van der Waals surface area contributed by atoms with Gasteiger partial charge in [-0.1, -0.05) is 18.2 Å². The zero-order chi connectivity index (χ0) is 18.8. The van der Waals surface area contributed by atoms with E-state index in [0.717, 1.165) is 9.13 Å². The third-order valence-corrected chi connectivity index (χ3v) is 3.84. The summed E-state index contributed by atoms with van der Waals surface area (Å²) in [5, 5.41) is 2.48. The van der Waals surface area contributed by atoms with Gasteiger partial charge in [-0.2, -0.15) is 0 Å². The number of anilines is 2. The SMILES string of the molecule is Cn1c(=O)c(C(=O)Nc2ccc(F)cc2)c(N)n(-c2ccccc2)c1=O. The molecule has 8 heteroatoms. The van der Waals surface area contributed by atoms with E-state index in [4.69, 9.17) is 5.73 Å². The Kier molecular flexibility index (Phi) is 4.40. The van der Waals surface area contributed by atoms with E-state index in [1.165, 1.54) is 31.3 Å². The number of carbonyl (C=O) groups is 1. The number of nitrogen functional groups attached to an aromatic ring is 1. The number of para-hydroxylation sites is 1. The highest BCUT2D eigenvalue weighted by Gasteiger charge is 2.22. The fourth-order valence-electron chi connectivity index (χ4n) is 2.50. The van der Waals surface area contributed by atoms with Crippen molar-refractivity contribution in [3.8, 4) is 5.69 Å². The molecule has 0 saturated heterocycles. The van der Waals surface area contributed by atoms with Crippen LogP contribution in [0.15, 0.2) is 64.2 Å². The first-order chi connectivity index (χ1) is 12.4. The third-order valence-electron chi connectivity index (χ3n) is 3.84. The fourth-order valence-corrected chi connectivity index (χ4v) is 2.50. The van der Waals surface area contributed by atoms with Crippen molar-refractivity contribution >= 4 is 17.4 Å². The second kappa shape index (κ2) is 6.67. The van der Waals surface area contributed by atoms with Gasteiger partial charge < -0.3 is 11.1 Å². The summed E-state index contributed by atoms with van der Waals surface area (Å²) in [7, 11) is 1.26. The monoisotopic (exact) mass is 354 g/mol. The zero-order valence-electron chi connectivity index (χ0n) is 13.8. The smallest absolute Gasteiger partial charge is 0.336 e. The van der Waals surface area contributed by atoms with Gasteiger partial charge in [-0.15, -0.1) is 0 Å². The van der Waals surface area contributed by atoms with Crippen LogP contribution in [0.3, 0.4) is 0 Å². The second-order valence-electron chi connectivity index (χ2n) is 5.54. The molecule has 1 amide bonds. The number of nitrogens with one attached hydrogen (secondary N) is 1. The van der Waals surface area contributed by atoms with Crippen LogP contribution >= 0.6 is 0 Å². The molecule has 7 nitrogen and oxygen atoms in total. The molecule has 0 bridgehead atoms. The Morgan fingerprint density at radius 2 is 1.65 bits per heavy atom. The van der Waals surface area contributed by atoms with E-state index in [2.05, 4.69) is 5.32 Å². The lowest BCUT2D eigenvalue weighted by Crippen LogP contribution is -2.43. The molecule has 3 rings (SSSR count). The molecule has 0 aliphatic carbocycles. The summed E-state index contributed by atoms with van der Waals surface area (Å²) < 4.78 is 14.9. The molecule has 0 radical (unpaired) electrons. The second-order valence-corrected chi connectivity index (χ2v) is 5.54. The van der Waals surface area contributed by atoms with Crippen molar-refractivity contribution in [2.45, 2.75) is 0 Å². The van der Waals surface area contributed by atoms with Crippen molar-refractivity contribution in [2.75, 3.05) is 11.1 Å². The molecule has 1 heterocycles. The average molecular weight is 354 g/mol. The largest absolute Gasteiger partial charge is 0.384 e. The molecular formula is C18H15FN4O3. The number of rotatable bonds is 3. The van der Waals surface area contributed by atoms with Crippen molar-refractivity contribution in [1.29, 1.82) is 0 Å². The van der Waals surface area contributed by atoms with Crippen LogP contribution in [0.4, 0.5) is 15.9 Å². The number of halogens is 1. The van der Waals surface area contributed by atoms with Crippen molar-refractivity contribution in [2.24, 2.45) is 7.05 Å². The number of nitrogens with two attached hydrogens (primary N) is 1. The standard InChI is InChI=1S/C18H15FN4O3/c1-22-17(25)14(16(24)21-12-9-7-11(19)8-10-12)15(20)23(18(22)26)13-5-3-2-4-6-13/h2-10H,20H2,1H3,(H,21,24). The minimum atomic E-state index is -0.820. The van der Waals surface area contributed by atoms with Crippen LogP contribution in [0.5, 0.6) is 0 Å². The normalized spacial score (nSPS) is 10.5. The molecule has 0 aliphatic heterocycles. The van der Waals surface area contributed by atoms with Gasteiger partial charge in [0, 0.05) is 12.7 Å². The lowest BCUT2D eigenvalue weighted by molar-refractivity contribution is 0.102. The Labute approximate surface area is 147 Å². The van der Waals surface area contributed by atoms with E-state index in [1.54, 1.807) is 30.3 Å². The first kappa shape index (κ1) is 17.2. The number of aromatic nitrogens is 2. The highest BCUT2D eigenvalue weighted by molar-refractivity contribution is 6.07. The van der Waals surface area contributed by atoms with Crippen molar-refractivity contribution < 1.29 is 9.18 Å². The Bertz CT molecular complexity index is 1090. The molecule has 0 unspecified atom stereocenters. The number of hydrogen-bond donors (Lipinski definition) is 2. The number of amides is 1. The molecule has 0 saturated carbocycles. The Balaban J connectivity index is 2.14. The minimum absolute atomic E-state index is 0.274. The molecule has 2 aromatic carbocycles. The predicted octanol–water partition coefficient (Wildman–Crippen LogP) is 1.51. The molecule has 0 spiro atoms. The summed E-state index contributed by atoms with van der Waals surface area (Å²) in [4.78, 5) is 37.5. The maximum atomic E-state index is 13.0. The summed E-state index contributed by atoms with van der Waals surface area (Å²) in [5.74, 6) is -1.53. The topological polar surface area (TPSA) is 99.1 Å². The lowest BCUT2D eigenvalue weighted by atomic mass is 10.2. The summed E-state index contributed by atoms with van der Waals surface area (Å²) >= 11 is 0. The molecular weight excluding hydrogens is 339 g/mol.